The highest BCUT2D eigenvalue weighted by molar-refractivity contribution is 6.35. The fraction of sp³-hybridized carbons (Fsp3) is 0. The second-order valence-corrected chi connectivity index (χ2v) is 4.27. The van der Waals surface area contributed by atoms with Crippen LogP contribution >= 0.6 is 34.8 Å². The summed E-state index contributed by atoms with van der Waals surface area (Å²) < 4.78 is 13.4. The van der Waals surface area contributed by atoms with Gasteiger partial charge >= 0.3 is 0 Å². The summed E-state index contributed by atoms with van der Waals surface area (Å²) >= 11 is 17.3. The topological polar surface area (TPSA) is 37.8 Å². The summed E-state index contributed by atoms with van der Waals surface area (Å²) in [6.45, 7) is 0. The molecule has 0 spiro atoms. The van der Waals surface area contributed by atoms with Crippen molar-refractivity contribution in [1.29, 1.82) is 0 Å². The summed E-state index contributed by atoms with van der Waals surface area (Å²) in [7, 11) is 0. The quantitative estimate of drug-likeness (QED) is 0.838. The lowest BCUT2D eigenvalue weighted by Crippen LogP contribution is -1.99. The Balaban J connectivity index is 2.37. The first-order valence-corrected chi connectivity index (χ1v) is 5.60. The lowest BCUT2D eigenvalue weighted by atomic mass is 10.3. The van der Waals surface area contributed by atoms with E-state index in [2.05, 4.69) is 15.3 Å². The van der Waals surface area contributed by atoms with Gasteiger partial charge in [0.05, 0.1) is 16.9 Å². The van der Waals surface area contributed by atoms with Crippen LogP contribution in [0.3, 0.4) is 0 Å². The molecule has 1 N–H and O–H groups in total. The Labute approximate surface area is 112 Å². The first-order chi connectivity index (χ1) is 8.06. The average Bonchev–Trinajstić information content (AvgIpc) is 2.28. The Morgan fingerprint density at radius 3 is 2.71 bits per heavy atom. The number of hydrogen-bond acceptors (Lipinski definition) is 3. The van der Waals surface area contributed by atoms with Crippen LogP contribution in [0.25, 0.3) is 0 Å². The van der Waals surface area contributed by atoms with E-state index < -0.39 is 5.82 Å². The summed E-state index contributed by atoms with van der Waals surface area (Å²) in [5.74, 6) is -0.695. The molecule has 3 nitrogen and oxygen atoms in total. The highest BCUT2D eigenvalue weighted by atomic mass is 35.5. The Morgan fingerprint density at radius 2 is 1.94 bits per heavy atom. The van der Waals surface area contributed by atoms with E-state index >= 15 is 0 Å². The monoisotopic (exact) mass is 291 g/mol. The van der Waals surface area contributed by atoms with E-state index in [1.165, 1.54) is 0 Å². The van der Waals surface area contributed by atoms with Crippen molar-refractivity contribution in [3.05, 3.63) is 45.5 Å². The molecule has 2 rings (SSSR count). The zero-order chi connectivity index (χ0) is 12.4. The van der Waals surface area contributed by atoms with E-state index in [1.54, 1.807) is 18.2 Å². The zero-order valence-electron chi connectivity index (χ0n) is 8.22. The van der Waals surface area contributed by atoms with Gasteiger partial charge in [-0.3, -0.25) is 0 Å². The summed E-state index contributed by atoms with van der Waals surface area (Å²) in [5, 5.41) is 3.49. The van der Waals surface area contributed by atoms with Crippen LogP contribution in [0.4, 0.5) is 15.9 Å². The molecule has 0 aliphatic carbocycles. The third-order valence-electron chi connectivity index (χ3n) is 1.90. The summed E-state index contributed by atoms with van der Waals surface area (Å²) in [4.78, 5) is 7.21. The molecule has 0 saturated heterocycles. The lowest BCUT2D eigenvalue weighted by Gasteiger charge is -2.08. The van der Waals surface area contributed by atoms with Crippen molar-refractivity contribution in [2.45, 2.75) is 0 Å². The van der Waals surface area contributed by atoms with Crippen molar-refractivity contribution >= 4 is 46.3 Å². The Morgan fingerprint density at radius 1 is 1.18 bits per heavy atom. The summed E-state index contributed by atoms with van der Waals surface area (Å²) in [5.41, 5.74) is 0.438. The number of aromatic nitrogens is 2. The van der Waals surface area contributed by atoms with Gasteiger partial charge in [-0.05, 0) is 29.8 Å². The fourth-order valence-electron chi connectivity index (χ4n) is 1.15. The van der Waals surface area contributed by atoms with E-state index in [9.17, 15) is 4.39 Å². The van der Waals surface area contributed by atoms with Gasteiger partial charge in [-0.2, -0.15) is 4.98 Å². The van der Waals surface area contributed by atoms with Gasteiger partial charge in [-0.1, -0.05) is 23.2 Å². The van der Waals surface area contributed by atoms with Crippen molar-refractivity contribution in [3.63, 3.8) is 0 Å². The molecular weight excluding hydrogens is 287 g/mol. The molecule has 1 aromatic heterocycles. The molecule has 1 heterocycles. The smallest absolute Gasteiger partial charge is 0.224 e. The number of hydrogen-bond donors (Lipinski definition) is 1. The first kappa shape index (κ1) is 12.4. The van der Waals surface area contributed by atoms with E-state index in [4.69, 9.17) is 34.8 Å². The van der Waals surface area contributed by atoms with Gasteiger partial charge in [0.15, 0.2) is 11.6 Å². The molecule has 0 unspecified atom stereocenters. The standard InChI is InChI=1S/C10H5Cl3FN3/c11-5-1-2-6(12)8(3-5)16-9-7(14)4-15-10(13)17-9/h1-4H,(H,15,16,17). The van der Waals surface area contributed by atoms with Crippen LogP contribution in [0.15, 0.2) is 24.4 Å². The molecule has 0 radical (unpaired) electrons. The molecule has 0 atom stereocenters. The van der Waals surface area contributed by atoms with Gasteiger partial charge in [0.2, 0.25) is 5.28 Å². The third-order valence-corrected chi connectivity index (χ3v) is 2.64. The number of halogens is 4. The minimum atomic E-state index is -0.634. The molecule has 0 aliphatic rings. The van der Waals surface area contributed by atoms with E-state index in [1.807, 2.05) is 0 Å². The molecule has 0 bridgehead atoms. The molecule has 2 aromatic rings. The molecule has 0 aliphatic heterocycles. The van der Waals surface area contributed by atoms with Crippen molar-refractivity contribution < 1.29 is 4.39 Å². The highest BCUT2D eigenvalue weighted by Crippen LogP contribution is 2.28. The van der Waals surface area contributed by atoms with Crippen LogP contribution in [0.2, 0.25) is 15.3 Å². The normalized spacial score (nSPS) is 10.4. The van der Waals surface area contributed by atoms with Crippen molar-refractivity contribution in [2.75, 3.05) is 5.32 Å². The average molecular weight is 293 g/mol. The first-order valence-electron chi connectivity index (χ1n) is 4.46. The number of anilines is 2. The van der Waals surface area contributed by atoms with Crippen LogP contribution in [0, 0.1) is 5.82 Å². The fourth-order valence-corrected chi connectivity index (χ4v) is 1.62. The van der Waals surface area contributed by atoms with E-state index in [0.29, 0.717) is 15.7 Å². The van der Waals surface area contributed by atoms with Crippen LogP contribution in [0.5, 0.6) is 0 Å². The maximum atomic E-state index is 13.4. The molecule has 7 heteroatoms. The number of nitrogens with zero attached hydrogens (tertiary/aromatic N) is 2. The molecule has 0 amide bonds. The second kappa shape index (κ2) is 5.04. The minimum absolute atomic E-state index is 0.0610. The van der Waals surface area contributed by atoms with Gasteiger partial charge in [0, 0.05) is 5.02 Å². The Hall–Kier alpha value is -1.10. The van der Waals surface area contributed by atoms with Crippen LogP contribution in [-0.4, -0.2) is 9.97 Å². The molecule has 1 aromatic carbocycles. The van der Waals surface area contributed by atoms with Gasteiger partial charge in [0.25, 0.3) is 0 Å². The molecular formula is C10H5Cl3FN3. The zero-order valence-corrected chi connectivity index (χ0v) is 10.5. The van der Waals surface area contributed by atoms with Crippen LogP contribution in [0.1, 0.15) is 0 Å². The van der Waals surface area contributed by atoms with Crippen LogP contribution < -0.4 is 5.32 Å². The van der Waals surface area contributed by atoms with E-state index in [-0.39, 0.29) is 11.1 Å². The number of rotatable bonds is 2. The summed E-state index contributed by atoms with van der Waals surface area (Å²) in [6.07, 6.45) is 0.968. The number of benzene rings is 1. The van der Waals surface area contributed by atoms with Gasteiger partial charge in [-0.15, -0.1) is 0 Å². The Kier molecular flexibility index (Phi) is 3.66. The van der Waals surface area contributed by atoms with Crippen molar-refractivity contribution in [3.8, 4) is 0 Å². The number of nitrogens with one attached hydrogen (secondary N) is 1. The molecule has 17 heavy (non-hydrogen) atoms. The maximum absolute atomic E-state index is 13.4. The third kappa shape index (κ3) is 2.97. The maximum Gasteiger partial charge on any atom is 0.224 e. The van der Waals surface area contributed by atoms with Gasteiger partial charge < -0.3 is 5.32 Å². The second-order valence-electron chi connectivity index (χ2n) is 3.08. The molecule has 0 saturated carbocycles. The SMILES string of the molecule is Fc1cnc(Cl)nc1Nc1cc(Cl)ccc1Cl. The largest absolute Gasteiger partial charge is 0.336 e. The van der Waals surface area contributed by atoms with Crippen molar-refractivity contribution in [1.82, 2.24) is 9.97 Å². The molecule has 88 valence electrons. The predicted octanol–water partition coefficient (Wildman–Crippen LogP) is 4.32. The molecule has 0 fully saturated rings. The predicted molar refractivity (Wildman–Crippen MR) is 66.7 cm³/mol. The highest BCUT2D eigenvalue weighted by Gasteiger charge is 2.08. The Bertz CT molecular complexity index is 513. The lowest BCUT2D eigenvalue weighted by molar-refractivity contribution is 0.619. The minimum Gasteiger partial charge on any atom is -0.336 e. The van der Waals surface area contributed by atoms with Crippen LogP contribution in [-0.2, 0) is 0 Å². The van der Waals surface area contributed by atoms with Gasteiger partial charge in [-0.25, -0.2) is 9.37 Å². The van der Waals surface area contributed by atoms with Gasteiger partial charge in [0.1, 0.15) is 0 Å². The van der Waals surface area contributed by atoms with E-state index in [0.717, 1.165) is 6.20 Å². The van der Waals surface area contributed by atoms with Crippen molar-refractivity contribution in [2.24, 2.45) is 0 Å². The summed E-state index contributed by atoms with van der Waals surface area (Å²) in [6, 6.07) is 4.77.